The van der Waals surface area contributed by atoms with E-state index in [4.69, 9.17) is 14.2 Å². The number of ketones is 2. The average molecular weight is 547 g/mol. The van der Waals surface area contributed by atoms with Gasteiger partial charge in [-0.25, -0.2) is 0 Å². The van der Waals surface area contributed by atoms with Crippen molar-refractivity contribution in [3.8, 4) is 17.2 Å². The van der Waals surface area contributed by atoms with Gasteiger partial charge in [0.1, 0.15) is 28.4 Å². The molecular weight excluding hydrogens is 508 g/mol. The zero-order valence-corrected chi connectivity index (χ0v) is 24.3. The van der Waals surface area contributed by atoms with Gasteiger partial charge < -0.3 is 24.4 Å². The van der Waals surface area contributed by atoms with Crippen molar-refractivity contribution in [1.29, 1.82) is 0 Å². The minimum Gasteiger partial charge on any atom is -0.506 e. The molecule has 40 heavy (non-hydrogen) atoms. The Hall–Kier alpha value is -3.16. The van der Waals surface area contributed by atoms with Gasteiger partial charge >= 0.3 is 0 Å². The van der Waals surface area contributed by atoms with E-state index in [2.05, 4.69) is 0 Å². The van der Waals surface area contributed by atoms with Crippen LogP contribution in [0, 0.1) is 11.8 Å². The number of aliphatic hydroxyl groups is 1. The second-order valence-electron chi connectivity index (χ2n) is 13.2. The van der Waals surface area contributed by atoms with E-state index >= 15 is 0 Å². The first kappa shape index (κ1) is 27.0. The zero-order valence-electron chi connectivity index (χ0n) is 24.3. The highest BCUT2D eigenvalue weighted by molar-refractivity contribution is 6.19. The quantitative estimate of drug-likeness (QED) is 0.476. The summed E-state index contributed by atoms with van der Waals surface area (Å²) >= 11 is 0. The van der Waals surface area contributed by atoms with E-state index in [1.165, 1.54) is 0 Å². The fourth-order valence-electron chi connectivity index (χ4n) is 7.44. The number of carbonyl (C=O) groups is 2. The molecule has 0 amide bonds. The number of aliphatic hydroxyl groups excluding tert-OH is 1. The molecule has 1 unspecified atom stereocenters. The number of rotatable bonds is 5. The van der Waals surface area contributed by atoms with Gasteiger partial charge in [-0.15, -0.1) is 0 Å². The topological polar surface area (TPSA) is 102 Å². The van der Waals surface area contributed by atoms with Gasteiger partial charge in [0, 0.05) is 29.4 Å². The highest BCUT2D eigenvalue weighted by Gasteiger charge is 2.81. The molecule has 2 N–H and O–H groups in total. The highest BCUT2D eigenvalue weighted by atomic mass is 16.6. The molecule has 7 rings (SSSR count). The van der Waals surface area contributed by atoms with Crippen LogP contribution < -0.4 is 9.47 Å². The average Bonchev–Trinajstić information content (AvgIpc) is 3.03. The maximum atomic E-state index is 14.5. The molecule has 3 aliphatic heterocycles. The van der Waals surface area contributed by atoms with Crippen LogP contribution in [-0.4, -0.2) is 50.8 Å². The zero-order chi connectivity index (χ0) is 29.0. The van der Waals surface area contributed by atoms with Gasteiger partial charge in [-0.1, -0.05) is 29.4 Å². The molecule has 4 atom stereocenters. The third kappa shape index (κ3) is 3.37. The number of allylic oxidation sites excluding steroid dienone is 3. The number of hydrogen-bond acceptors (Lipinski definition) is 7. The van der Waals surface area contributed by atoms with E-state index in [9.17, 15) is 19.8 Å². The van der Waals surface area contributed by atoms with E-state index < -0.39 is 28.3 Å². The van der Waals surface area contributed by atoms with Crippen LogP contribution >= 0.6 is 0 Å². The normalized spacial score (nSPS) is 32.0. The Kier molecular flexibility index (Phi) is 5.70. The predicted octanol–water partition coefficient (Wildman–Crippen LogP) is 5.42. The lowest BCUT2D eigenvalue weighted by Gasteiger charge is -2.56. The fraction of sp³-hybridized carbons (Fsp3) is 0.515. The number of hydrogen-bond donors (Lipinski definition) is 2. The molecule has 7 heteroatoms. The van der Waals surface area contributed by atoms with Crippen LogP contribution in [-0.2, 0) is 16.0 Å². The number of Topliss-reactive ketones (excluding diaryl/α,β-unsaturated/α-hetero) is 2. The minimum absolute atomic E-state index is 0.107. The molecule has 212 valence electrons. The number of phenolic OH excluding ortho intramolecular Hbond substituents is 1. The van der Waals surface area contributed by atoms with E-state index in [0.717, 1.165) is 5.57 Å². The molecule has 1 aromatic rings. The summed E-state index contributed by atoms with van der Waals surface area (Å²) in [6, 6.07) is 0. The van der Waals surface area contributed by atoms with Crippen LogP contribution in [0.3, 0.4) is 0 Å². The summed E-state index contributed by atoms with van der Waals surface area (Å²) in [5, 5.41) is 21.3. The molecule has 0 radical (unpaired) electrons. The molecule has 1 saturated carbocycles. The van der Waals surface area contributed by atoms with E-state index in [1.807, 2.05) is 65.8 Å². The molecule has 7 nitrogen and oxygen atoms in total. The van der Waals surface area contributed by atoms with Crippen molar-refractivity contribution in [3.63, 3.8) is 0 Å². The van der Waals surface area contributed by atoms with Crippen LogP contribution in [0.15, 0.2) is 41.0 Å². The van der Waals surface area contributed by atoms with Crippen LogP contribution in [0.1, 0.15) is 82.8 Å². The Morgan fingerprint density at radius 3 is 2.48 bits per heavy atom. The predicted molar refractivity (Wildman–Crippen MR) is 151 cm³/mol. The van der Waals surface area contributed by atoms with Crippen LogP contribution in [0.5, 0.6) is 17.2 Å². The summed E-state index contributed by atoms with van der Waals surface area (Å²) in [4.78, 5) is 28.7. The van der Waals surface area contributed by atoms with Crippen LogP contribution in [0.2, 0.25) is 0 Å². The lowest BCUT2D eigenvalue weighted by atomic mass is 9.51. The first-order chi connectivity index (χ1) is 18.7. The highest BCUT2D eigenvalue weighted by Crippen LogP contribution is 2.68. The second-order valence-corrected chi connectivity index (χ2v) is 13.2. The number of aromatic hydroxyl groups is 1. The van der Waals surface area contributed by atoms with Gasteiger partial charge in [0.15, 0.2) is 22.8 Å². The van der Waals surface area contributed by atoms with Gasteiger partial charge in [0.2, 0.25) is 0 Å². The largest absolute Gasteiger partial charge is 0.506 e. The Labute approximate surface area is 235 Å². The molecule has 4 bridgehead atoms. The monoisotopic (exact) mass is 546 g/mol. The van der Waals surface area contributed by atoms with Gasteiger partial charge in [0.05, 0.1) is 17.8 Å². The van der Waals surface area contributed by atoms with Crippen molar-refractivity contribution in [1.82, 2.24) is 0 Å². The Balaban J connectivity index is 1.66. The Morgan fingerprint density at radius 2 is 1.80 bits per heavy atom. The fourth-order valence-corrected chi connectivity index (χ4v) is 7.44. The third-order valence-electron chi connectivity index (χ3n) is 9.32. The molecule has 0 aromatic heterocycles. The summed E-state index contributed by atoms with van der Waals surface area (Å²) in [6.45, 7) is 13.4. The molecule has 2 fully saturated rings. The summed E-state index contributed by atoms with van der Waals surface area (Å²) in [7, 11) is 0. The van der Waals surface area contributed by atoms with E-state index in [0.29, 0.717) is 40.9 Å². The smallest absolute Gasteiger partial charge is 0.200 e. The van der Waals surface area contributed by atoms with E-state index in [1.54, 1.807) is 13.0 Å². The molecule has 1 saturated heterocycles. The molecular formula is C33H38O7. The van der Waals surface area contributed by atoms with Gasteiger partial charge in [-0.05, 0) is 73.5 Å². The first-order valence-corrected chi connectivity index (χ1v) is 14.1. The van der Waals surface area contributed by atoms with Gasteiger partial charge in [-0.2, -0.15) is 0 Å². The van der Waals surface area contributed by atoms with Gasteiger partial charge in [0.25, 0.3) is 0 Å². The number of fused-ring (bicyclic) bond motifs is 2. The molecule has 3 aliphatic carbocycles. The number of phenols is 1. The molecule has 6 aliphatic rings. The van der Waals surface area contributed by atoms with Gasteiger partial charge in [-0.3, -0.25) is 9.59 Å². The summed E-state index contributed by atoms with van der Waals surface area (Å²) in [6.07, 6.45) is 10.4. The third-order valence-corrected chi connectivity index (χ3v) is 9.32. The Morgan fingerprint density at radius 1 is 1.07 bits per heavy atom. The van der Waals surface area contributed by atoms with Crippen molar-refractivity contribution in [3.05, 3.63) is 57.7 Å². The Bertz CT molecular complexity index is 1480. The summed E-state index contributed by atoms with van der Waals surface area (Å²) in [5.74, 6) is -0.661. The van der Waals surface area contributed by atoms with Crippen molar-refractivity contribution >= 4 is 17.6 Å². The maximum absolute atomic E-state index is 14.5. The number of carbonyl (C=O) groups excluding carboxylic acids is 2. The molecule has 3 heterocycles. The number of ether oxygens (including phenoxy) is 3. The number of benzene rings is 1. The second kappa shape index (κ2) is 8.43. The van der Waals surface area contributed by atoms with Crippen molar-refractivity contribution in [2.45, 2.75) is 90.1 Å². The molecule has 1 aromatic carbocycles. The lowest BCUT2D eigenvalue weighted by Crippen LogP contribution is -2.72. The van der Waals surface area contributed by atoms with Crippen molar-refractivity contribution in [2.24, 2.45) is 11.8 Å². The van der Waals surface area contributed by atoms with E-state index in [-0.39, 0.29) is 47.6 Å². The standard InChI is InChI=1S/C33H38O7/c1-17(2)8-9-21-27-20(11-12-30(4,5)38-27)25(35)24-26(36)22-14-19-15-23-31(6,7)40-32(29(19)37,13-10-18(3)16-34)33(22,23)39-28(21)24/h8,10-12,14,19,23,34-35H,9,13,15-16H2,1-7H3/b18-10+/t19-,23?,32+,33-/m1/s1. The minimum atomic E-state index is -1.45. The summed E-state index contributed by atoms with van der Waals surface area (Å²) < 4.78 is 20.2. The van der Waals surface area contributed by atoms with Crippen molar-refractivity contribution in [2.75, 3.05) is 6.61 Å². The van der Waals surface area contributed by atoms with Crippen LogP contribution in [0.25, 0.3) is 6.08 Å². The summed E-state index contributed by atoms with van der Waals surface area (Å²) in [5.41, 5.74) is -0.823. The first-order valence-electron chi connectivity index (χ1n) is 14.1. The van der Waals surface area contributed by atoms with Crippen LogP contribution in [0.4, 0.5) is 0 Å². The molecule has 1 spiro atoms. The lowest BCUT2D eigenvalue weighted by molar-refractivity contribution is -0.171. The van der Waals surface area contributed by atoms with Crippen molar-refractivity contribution < 1.29 is 34.0 Å². The maximum Gasteiger partial charge on any atom is 0.200 e. The SMILES string of the molecule is CC(C)=CCc1c2c(c(O)c3c1O[C@]14C(=C[C@@H]5CC1C(C)(C)O[C@@]4(C/C=C(\C)CO)C5=O)C3=O)C=CC(C)(C)O2.